The van der Waals surface area contributed by atoms with Crippen LogP contribution in [0.3, 0.4) is 0 Å². The lowest BCUT2D eigenvalue weighted by atomic mass is 9.92. The van der Waals surface area contributed by atoms with E-state index >= 15 is 0 Å². The van der Waals surface area contributed by atoms with Gasteiger partial charge in [-0.25, -0.2) is 4.39 Å². The molecule has 0 spiro atoms. The van der Waals surface area contributed by atoms with Crippen LogP contribution in [0.15, 0.2) is 59.5 Å². The van der Waals surface area contributed by atoms with Crippen molar-refractivity contribution in [1.82, 2.24) is 5.32 Å². The molecular weight excluding hydrogens is 347 g/mol. The highest BCUT2D eigenvalue weighted by atomic mass is 35.5. The lowest BCUT2D eigenvalue weighted by Gasteiger charge is -2.24. The largest absolute Gasteiger partial charge is 0.354 e. The summed E-state index contributed by atoms with van der Waals surface area (Å²) >= 11 is 1.64. The molecule has 2 rings (SSSR count). The van der Waals surface area contributed by atoms with Crippen LogP contribution in [0.1, 0.15) is 18.9 Å². The molecule has 1 atom stereocenters. The Labute approximate surface area is 152 Å². The summed E-state index contributed by atoms with van der Waals surface area (Å²) in [6.07, 6.45) is 0.818. The third-order valence-electron chi connectivity index (χ3n) is 3.53. The highest BCUT2D eigenvalue weighted by Gasteiger charge is 2.29. The molecule has 24 heavy (non-hydrogen) atoms. The zero-order valence-corrected chi connectivity index (χ0v) is 15.1. The normalized spacial score (nSPS) is 12.8. The fourth-order valence-corrected chi connectivity index (χ4v) is 2.95. The fraction of sp³-hybridized carbons (Fsp3) is 0.278. The third kappa shape index (κ3) is 5.82. The van der Waals surface area contributed by atoms with Crippen molar-refractivity contribution in [3.8, 4) is 0 Å². The second kappa shape index (κ2) is 9.67. The average molecular weight is 369 g/mol. The molecule has 130 valence electrons. The summed E-state index contributed by atoms with van der Waals surface area (Å²) in [5.41, 5.74) is 5.90. The smallest absolute Gasteiger partial charge is 0.244 e. The van der Waals surface area contributed by atoms with Crippen molar-refractivity contribution in [2.24, 2.45) is 5.73 Å². The van der Waals surface area contributed by atoms with Crippen LogP contribution in [0.4, 0.5) is 4.39 Å². The number of hydrogen-bond donors (Lipinski definition) is 2. The van der Waals surface area contributed by atoms with Crippen LogP contribution in [0.2, 0.25) is 0 Å². The number of benzene rings is 2. The summed E-state index contributed by atoms with van der Waals surface area (Å²) in [7, 11) is 0. The number of hydrogen-bond acceptors (Lipinski definition) is 3. The van der Waals surface area contributed by atoms with Gasteiger partial charge in [-0.05, 0) is 48.9 Å². The van der Waals surface area contributed by atoms with Gasteiger partial charge < -0.3 is 11.1 Å². The van der Waals surface area contributed by atoms with Crippen molar-refractivity contribution < 1.29 is 9.18 Å². The molecule has 0 aliphatic rings. The Morgan fingerprint density at radius 1 is 1.17 bits per heavy atom. The first-order valence-corrected chi connectivity index (χ1v) is 8.50. The summed E-state index contributed by atoms with van der Waals surface area (Å²) in [6, 6.07) is 15.7. The Kier molecular flexibility index (Phi) is 8.25. The van der Waals surface area contributed by atoms with Crippen molar-refractivity contribution in [2.75, 3.05) is 12.3 Å². The zero-order valence-electron chi connectivity index (χ0n) is 13.5. The molecule has 0 aliphatic carbocycles. The van der Waals surface area contributed by atoms with Crippen molar-refractivity contribution in [3.05, 3.63) is 66.0 Å². The molecule has 1 amide bonds. The van der Waals surface area contributed by atoms with E-state index in [4.69, 9.17) is 5.73 Å². The molecule has 2 aromatic rings. The Hall–Kier alpha value is -1.56. The first kappa shape index (κ1) is 20.5. The maximum absolute atomic E-state index is 12.8. The number of rotatable bonds is 7. The van der Waals surface area contributed by atoms with Gasteiger partial charge in [0.25, 0.3) is 0 Å². The van der Waals surface area contributed by atoms with Crippen molar-refractivity contribution in [1.29, 1.82) is 0 Å². The predicted octanol–water partition coefficient (Wildman–Crippen LogP) is 3.72. The quantitative estimate of drug-likeness (QED) is 0.578. The lowest BCUT2D eigenvalue weighted by Crippen LogP contribution is -2.49. The first-order chi connectivity index (χ1) is 11.0. The van der Waals surface area contributed by atoms with Crippen molar-refractivity contribution in [2.45, 2.75) is 23.8 Å². The number of halogens is 2. The molecule has 0 aromatic heterocycles. The molecule has 2 aromatic carbocycles. The fourth-order valence-electron chi connectivity index (χ4n) is 2.09. The Balaban J connectivity index is 0.00000288. The Morgan fingerprint density at radius 3 is 2.42 bits per heavy atom. The van der Waals surface area contributed by atoms with Crippen LogP contribution in [0, 0.1) is 5.82 Å². The molecule has 0 fully saturated rings. The van der Waals surface area contributed by atoms with Crippen LogP contribution >= 0.6 is 24.2 Å². The summed E-state index contributed by atoms with van der Waals surface area (Å²) in [5, 5.41) is 2.88. The first-order valence-electron chi connectivity index (χ1n) is 7.51. The molecule has 3 nitrogen and oxygen atoms in total. The zero-order chi connectivity index (χ0) is 16.7. The Bertz CT molecular complexity index is 635. The van der Waals surface area contributed by atoms with E-state index in [1.54, 1.807) is 30.8 Å². The predicted molar refractivity (Wildman–Crippen MR) is 100.0 cm³/mol. The number of amides is 1. The summed E-state index contributed by atoms with van der Waals surface area (Å²) < 4.78 is 12.8. The molecule has 0 aliphatic heterocycles. The Morgan fingerprint density at radius 2 is 1.79 bits per heavy atom. The van der Waals surface area contributed by atoms with Gasteiger partial charge in [-0.2, -0.15) is 0 Å². The number of nitrogens with two attached hydrogens (primary N) is 1. The van der Waals surface area contributed by atoms with E-state index in [-0.39, 0.29) is 24.1 Å². The van der Waals surface area contributed by atoms with Crippen molar-refractivity contribution >= 4 is 30.1 Å². The molecule has 0 saturated heterocycles. The maximum Gasteiger partial charge on any atom is 0.244 e. The van der Waals surface area contributed by atoms with Gasteiger partial charge in [0.1, 0.15) is 11.4 Å². The number of carbonyl (C=O) groups excluding carboxylic acids is 1. The minimum absolute atomic E-state index is 0. The minimum atomic E-state index is -1.04. The molecule has 1 unspecified atom stereocenters. The van der Waals surface area contributed by atoms with E-state index in [0.29, 0.717) is 6.54 Å². The number of carbonyl (C=O) groups is 1. The van der Waals surface area contributed by atoms with E-state index in [1.807, 2.05) is 30.3 Å². The highest BCUT2D eigenvalue weighted by molar-refractivity contribution is 7.99. The van der Waals surface area contributed by atoms with Crippen LogP contribution < -0.4 is 11.1 Å². The average Bonchev–Trinajstić information content (AvgIpc) is 2.57. The van der Waals surface area contributed by atoms with E-state index in [1.165, 1.54) is 12.1 Å². The van der Waals surface area contributed by atoms with Crippen LogP contribution in [-0.4, -0.2) is 18.2 Å². The SMILES string of the molecule is CC(N)(C(=O)NCCCSc1ccc(F)cc1)c1ccccc1.Cl. The summed E-state index contributed by atoms with van der Waals surface area (Å²) in [4.78, 5) is 13.3. The molecule has 6 heteroatoms. The topological polar surface area (TPSA) is 55.1 Å². The number of thioether (sulfide) groups is 1. The summed E-state index contributed by atoms with van der Waals surface area (Å²) in [6.45, 7) is 2.28. The number of nitrogens with one attached hydrogen (secondary N) is 1. The standard InChI is InChI=1S/C18H21FN2OS.ClH/c1-18(20,14-6-3-2-4-7-14)17(22)21-12-5-13-23-16-10-8-15(19)9-11-16;/h2-4,6-11H,5,12-13,20H2,1H3,(H,21,22);1H. The third-order valence-corrected chi connectivity index (χ3v) is 4.63. The monoisotopic (exact) mass is 368 g/mol. The van der Waals surface area contributed by atoms with Gasteiger partial charge in [-0.3, -0.25) is 4.79 Å². The molecule has 0 radical (unpaired) electrons. The van der Waals surface area contributed by atoms with Crippen LogP contribution in [0.5, 0.6) is 0 Å². The second-order valence-corrected chi connectivity index (χ2v) is 6.65. The molecule has 0 saturated carbocycles. The van der Waals surface area contributed by atoms with E-state index in [9.17, 15) is 9.18 Å². The molecular formula is C18H22ClFN2OS. The molecule has 0 heterocycles. The second-order valence-electron chi connectivity index (χ2n) is 5.48. The van der Waals surface area contributed by atoms with Crippen LogP contribution in [0.25, 0.3) is 0 Å². The van der Waals surface area contributed by atoms with E-state index in [2.05, 4.69) is 5.32 Å². The van der Waals surface area contributed by atoms with Gasteiger partial charge >= 0.3 is 0 Å². The maximum atomic E-state index is 12.8. The van der Waals surface area contributed by atoms with E-state index < -0.39 is 5.54 Å². The van der Waals surface area contributed by atoms with Gasteiger partial charge in [-0.15, -0.1) is 24.2 Å². The minimum Gasteiger partial charge on any atom is -0.354 e. The van der Waals surface area contributed by atoms with Gasteiger partial charge in [0.05, 0.1) is 0 Å². The lowest BCUT2D eigenvalue weighted by molar-refractivity contribution is -0.126. The van der Waals surface area contributed by atoms with Gasteiger partial charge in [-0.1, -0.05) is 30.3 Å². The van der Waals surface area contributed by atoms with Crippen LogP contribution in [-0.2, 0) is 10.3 Å². The molecule has 0 bridgehead atoms. The van der Waals surface area contributed by atoms with Gasteiger partial charge in [0, 0.05) is 11.4 Å². The van der Waals surface area contributed by atoms with Gasteiger partial charge in [0.2, 0.25) is 5.91 Å². The van der Waals surface area contributed by atoms with Gasteiger partial charge in [0.15, 0.2) is 0 Å². The van der Waals surface area contributed by atoms with E-state index in [0.717, 1.165) is 22.6 Å². The highest BCUT2D eigenvalue weighted by Crippen LogP contribution is 2.19. The summed E-state index contributed by atoms with van der Waals surface area (Å²) in [5.74, 6) is 0.429. The molecule has 3 N–H and O–H groups in total. The van der Waals surface area contributed by atoms with Crippen molar-refractivity contribution in [3.63, 3.8) is 0 Å².